The van der Waals surface area contributed by atoms with E-state index in [2.05, 4.69) is 29.2 Å². The van der Waals surface area contributed by atoms with Crippen molar-refractivity contribution < 1.29 is 0 Å². The van der Waals surface area contributed by atoms with Crippen LogP contribution in [0.3, 0.4) is 0 Å². The van der Waals surface area contributed by atoms with Gasteiger partial charge in [-0.15, -0.1) is 0 Å². The lowest BCUT2D eigenvalue weighted by Crippen LogP contribution is -2.34. The number of fused-ring (bicyclic) bond motifs is 1. The summed E-state index contributed by atoms with van der Waals surface area (Å²) in [6.07, 6.45) is 3.61. The Kier molecular flexibility index (Phi) is 3.05. The third kappa shape index (κ3) is 2.30. The molecule has 2 aromatic heterocycles. The Balaban J connectivity index is 2.04. The fourth-order valence-corrected chi connectivity index (χ4v) is 1.37. The van der Waals surface area contributed by atoms with Gasteiger partial charge in [0.1, 0.15) is 5.82 Å². The summed E-state index contributed by atoms with van der Waals surface area (Å²) < 4.78 is 1.73. The van der Waals surface area contributed by atoms with Crippen LogP contribution in [0.4, 0.5) is 5.82 Å². The lowest BCUT2D eigenvalue weighted by molar-refractivity contribution is 0.511. The van der Waals surface area contributed by atoms with Crippen LogP contribution in [0, 0.1) is 5.92 Å². The summed E-state index contributed by atoms with van der Waals surface area (Å²) >= 11 is 0. The molecule has 1 unspecified atom stereocenters. The first-order chi connectivity index (χ1) is 7.66. The van der Waals surface area contributed by atoms with Crippen molar-refractivity contribution in [3.63, 3.8) is 0 Å². The molecule has 0 bridgehead atoms. The fraction of sp³-hybridized carbons (Fsp3) is 0.455. The molecule has 0 aliphatic rings. The third-order valence-electron chi connectivity index (χ3n) is 2.63. The van der Waals surface area contributed by atoms with E-state index in [-0.39, 0.29) is 6.04 Å². The molecule has 86 valence electrons. The Morgan fingerprint density at radius 3 is 3.00 bits per heavy atom. The number of nitrogens with zero attached hydrogens (tertiary/aromatic N) is 3. The summed E-state index contributed by atoms with van der Waals surface area (Å²) in [6.45, 7) is 4.95. The standard InChI is InChI=1S/C11H17N5/c1-8(2)9(12)7-13-10-4-6-16-11(15-10)3-5-14-16/h3-6,8-9H,7,12H2,1-2H3,(H,13,15). The van der Waals surface area contributed by atoms with E-state index in [9.17, 15) is 0 Å². The second-order valence-corrected chi connectivity index (χ2v) is 4.24. The fourth-order valence-electron chi connectivity index (χ4n) is 1.37. The van der Waals surface area contributed by atoms with Gasteiger partial charge in [-0.25, -0.2) is 9.50 Å². The highest BCUT2D eigenvalue weighted by Crippen LogP contribution is 2.06. The molecule has 0 spiro atoms. The first-order valence-electron chi connectivity index (χ1n) is 5.46. The van der Waals surface area contributed by atoms with E-state index >= 15 is 0 Å². The second-order valence-electron chi connectivity index (χ2n) is 4.24. The quantitative estimate of drug-likeness (QED) is 0.808. The minimum atomic E-state index is 0.142. The number of nitrogens with one attached hydrogen (secondary N) is 1. The van der Waals surface area contributed by atoms with Crippen molar-refractivity contribution in [3.05, 3.63) is 24.5 Å². The Labute approximate surface area is 94.7 Å². The van der Waals surface area contributed by atoms with Crippen LogP contribution in [-0.2, 0) is 0 Å². The Hall–Kier alpha value is -1.62. The third-order valence-corrected chi connectivity index (χ3v) is 2.63. The molecule has 1 atom stereocenters. The van der Waals surface area contributed by atoms with Crippen molar-refractivity contribution in [2.75, 3.05) is 11.9 Å². The lowest BCUT2D eigenvalue weighted by atomic mass is 10.1. The van der Waals surface area contributed by atoms with Gasteiger partial charge >= 0.3 is 0 Å². The van der Waals surface area contributed by atoms with Crippen molar-refractivity contribution in [1.29, 1.82) is 0 Å². The molecule has 5 heteroatoms. The van der Waals surface area contributed by atoms with Crippen LogP contribution >= 0.6 is 0 Å². The van der Waals surface area contributed by atoms with Crippen LogP contribution in [0.25, 0.3) is 5.65 Å². The van der Waals surface area contributed by atoms with E-state index in [1.165, 1.54) is 0 Å². The molecule has 2 aromatic rings. The summed E-state index contributed by atoms with van der Waals surface area (Å²) in [6, 6.07) is 3.91. The molecule has 0 fully saturated rings. The minimum absolute atomic E-state index is 0.142. The van der Waals surface area contributed by atoms with E-state index in [1.807, 2.05) is 18.3 Å². The van der Waals surface area contributed by atoms with Gasteiger partial charge in [-0.2, -0.15) is 5.10 Å². The highest BCUT2D eigenvalue weighted by molar-refractivity contribution is 5.45. The smallest absolute Gasteiger partial charge is 0.157 e. The molecular formula is C11H17N5. The van der Waals surface area contributed by atoms with Crippen LogP contribution in [0.1, 0.15) is 13.8 Å². The maximum absolute atomic E-state index is 5.95. The summed E-state index contributed by atoms with van der Waals surface area (Å²) in [4.78, 5) is 4.40. The topological polar surface area (TPSA) is 68.2 Å². The molecule has 0 aliphatic heterocycles. The van der Waals surface area contributed by atoms with Crippen LogP contribution < -0.4 is 11.1 Å². The van der Waals surface area contributed by atoms with Gasteiger partial charge < -0.3 is 11.1 Å². The van der Waals surface area contributed by atoms with Gasteiger partial charge in [0.15, 0.2) is 5.65 Å². The summed E-state index contributed by atoms with van der Waals surface area (Å²) in [5.41, 5.74) is 6.79. The zero-order valence-corrected chi connectivity index (χ0v) is 9.59. The van der Waals surface area contributed by atoms with Crippen molar-refractivity contribution in [3.8, 4) is 0 Å². The normalized spacial score (nSPS) is 13.2. The van der Waals surface area contributed by atoms with Crippen molar-refractivity contribution in [2.24, 2.45) is 11.7 Å². The molecule has 0 radical (unpaired) electrons. The summed E-state index contributed by atoms with van der Waals surface area (Å²) in [7, 11) is 0. The Bertz CT molecular complexity index is 462. The molecule has 0 saturated heterocycles. The van der Waals surface area contributed by atoms with Crippen LogP contribution in [-0.4, -0.2) is 27.2 Å². The Morgan fingerprint density at radius 2 is 2.25 bits per heavy atom. The number of aromatic nitrogens is 3. The van der Waals surface area contributed by atoms with Crippen LogP contribution in [0.15, 0.2) is 24.5 Å². The molecule has 0 saturated carbocycles. The maximum atomic E-state index is 5.95. The predicted octanol–water partition coefficient (Wildman–Crippen LogP) is 1.12. The SMILES string of the molecule is CC(C)C(N)CNc1ccn2nccc2n1. The van der Waals surface area contributed by atoms with Gasteiger partial charge in [-0.1, -0.05) is 13.8 Å². The van der Waals surface area contributed by atoms with E-state index in [0.29, 0.717) is 5.92 Å². The second kappa shape index (κ2) is 4.49. The largest absolute Gasteiger partial charge is 0.368 e. The molecular weight excluding hydrogens is 202 g/mol. The summed E-state index contributed by atoms with van der Waals surface area (Å²) in [5, 5.41) is 7.32. The number of hydrogen-bond acceptors (Lipinski definition) is 4. The van der Waals surface area contributed by atoms with E-state index in [1.54, 1.807) is 10.7 Å². The van der Waals surface area contributed by atoms with Gasteiger partial charge in [-0.05, 0) is 12.0 Å². The van der Waals surface area contributed by atoms with Crippen molar-refractivity contribution in [1.82, 2.24) is 14.6 Å². The van der Waals surface area contributed by atoms with Crippen LogP contribution in [0.2, 0.25) is 0 Å². The molecule has 3 N–H and O–H groups in total. The van der Waals surface area contributed by atoms with Crippen molar-refractivity contribution >= 4 is 11.5 Å². The van der Waals surface area contributed by atoms with E-state index in [4.69, 9.17) is 5.73 Å². The Morgan fingerprint density at radius 1 is 1.44 bits per heavy atom. The zero-order valence-electron chi connectivity index (χ0n) is 9.59. The molecule has 2 heterocycles. The molecule has 0 amide bonds. The van der Waals surface area contributed by atoms with Gasteiger partial charge in [0.25, 0.3) is 0 Å². The first kappa shape index (κ1) is 10.9. The first-order valence-corrected chi connectivity index (χ1v) is 5.46. The van der Waals surface area contributed by atoms with Gasteiger partial charge in [0.05, 0.1) is 6.20 Å². The minimum Gasteiger partial charge on any atom is -0.368 e. The number of nitrogens with two attached hydrogens (primary N) is 1. The monoisotopic (exact) mass is 219 g/mol. The van der Waals surface area contributed by atoms with Crippen molar-refractivity contribution in [2.45, 2.75) is 19.9 Å². The molecule has 0 aromatic carbocycles. The van der Waals surface area contributed by atoms with Gasteiger partial charge in [0, 0.05) is 24.8 Å². The highest BCUT2D eigenvalue weighted by Gasteiger charge is 2.07. The zero-order chi connectivity index (χ0) is 11.5. The van der Waals surface area contributed by atoms with Crippen LogP contribution in [0.5, 0.6) is 0 Å². The molecule has 2 rings (SSSR count). The average Bonchev–Trinajstić information content (AvgIpc) is 2.72. The van der Waals surface area contributed by atoms with E-state index < -0.39 is 0 Å². The summed E-state index contributed by atoms with van der Waals surface area (Å²) in [5.74, 6) is 1.30. The number of rotatable bonds is 4. The highest BCUT2D eigenvalue weighted by atomic mass is 15.2. The lowest BCUT2D eigenvalue weighted by Gasteiger charge is -2.16. The van der Waals surface area contributed by atoms with Gasteiger partial charge in [0.2, 0.25) is 0 Å². The molecule has 16 heavy (non-hydrogen) atoms. The maximum Gasteiger partial charge on any atom is 0.157 e. The average molecular weight is 219 g/mol. The van der Waals surface area contributed by atoms with Gasteiger partial charge in [-0.3, -0.25) is 0 Å². The predicted molar refractivity (Wildman–Crippen MR) is 64.3 cm³/mol. The molecule has 5 nitrogen and oxygen atoms in total. The van der Waals surface area contributed by atoms with E-state index in [0.717, 1.165) is 18.0 Å². The molecule has 0 aliphatic carbocycles. The number of hydrogen-bond donors (Lipinski definition) is 2. The number of anilines is 1.